The normalized spacial score (nSPS) is 29.0. The lowest BCUT2D eigenvalue weighted by Gasteiger charge is -2.37. The van der Waals surface area contributed by atoms with Gasteiger partial charge in [-0.1, -0.05) is 6.92 Å². The minimum atomic E-state index is -0.927. The average molecular weight is 271 g/mol. The first-order valence-electron chi connectivity index (χ1n) is 6.70. The maximum absolute atomic E-state index is 12.2. The van der Waals surface area contributed by atoms with Crippen LogP contribution in [0.4, 0.5) is 4.79 Å². The Labute approximate surface area is 112 Å². The Bertz CT molecular complexity index is 344. The number of hydrogen-bond donors (Lipinski definition) is 2. The fourth-order valence-electron chi connectivity index (χ4n) is 2.49. The van der Waals surface area contributed by atoms with Crippen LogP contribution in [0.25, 0.3) is 0 Å². The summed E-state index contributed by atoms with van der Waals surface area (Å²) >= 11 is 0. The van der Waals surface area contributed by atoms with Gasteiger partial charge in [-0.05, 0) is 18.8 Å². The van der Waals surface area contributed by atoms with Crippen molar-refractivity contribution in [2.24, 2.45) is 5.92 Å². The zero-order chi connectivity index (χ0) is 13.8. The molecule has 2 atom stereocenters. The van der Waals surface area contributed by atoms with Gasteiger partial charge >= 0.3 is 12.0 Å². The van der Waals surface area contributed by atoms with Crippen molar-refractivity contribution in [3.8, 4) is 0 Å². The zero-order valence-electron chi connectivity index (χ0n) is 11.2. The highest BCUT2D eigenvalue weighted by Gasteiger charge is 2.35. The number of carbonyl (C=O) groups is 2. The van der Waals surface area contributed by atoms with Gasteiger partial charge in [0.05, 0.1) is 13.2 Å². The van der Waals surface area contributed by atoms with Gasteiger partial charge in [-0.15, -0.1) is 0 Å². The fraction of sp³-hybridized carbons (Fsp3) is 0.833. The van der Waals surface area contributed by atoms with Crippen molar-refractivity contribution in [1.29, 1.82) is 0 Å². The van der Waals surface area contributed by atoms with E-state index >= 15 is 0 Å². The highest BCUT2D eigenvalue weighted by Crippen LogP contribution is 2.22. The summed E-state index contributed by atoms with van der Waals surface area (Å²) in [6.07, 6.45) is 1.37. The third-order valence-corrected chi connectivity index (χ3v) is 3.68. The lowest BCUT2D eigenvalue weighted by atomic mass is 9.93. The van der Waals surface area contributed by atoms with Crippen LogP contribution in [-0.4, -0.2) is 65.9 Å². The molecule has 0 saturated carbocycles. The zero-order valence-corrected chi connectivity index (χ0v) is 11.2. The van der Waals surface area contributed by atoms with E-state index in [4.69, 9.17) is 4.74 Å². The number of aliphatic carboxylic acids is 1. The minimum Gasteiger partial charge on any atom is -0.480 e. The third kappa shape index (κ3) is 3.57. The molecule has 7 nitrogen and oxygen atoms in total. The molecule has 0 spiro atoms. The second-order valence-electron chi connectivity index (χ2n) is 5.19. The quantitative estimate of drug-likeness (QED) is 0.746. The number of likely N-dealkylation sites (tertiary alicyclic amines) is 1. The Morgan fingerprint density at radius 3 is 2.58 bits per heavy atom. The lowest BCUT2D eigenvalue weighted by Crippen LogP contribution is -2.58. The number of hydrogen-bond acceptors (Lipinski definition) is 4. The first-order valence-corrected chi connectivity index (χ1v) is 6.70. The molecule has 0 radical (unpaired) electrons. The van der Waals surface area contributed by atoms with Crippen LogP contribution in [0.1, 0.15) is 19.8 Å². The van der Waals surface area contributed by atoms with Crippen LogP contribution >= 0.6 is 0 Å². The summed E-state index contributed by atoms with van der Waals surface area (Å²) in [6, 6.07) is -1.04. The van der Waals surface area contributed by atoms with Crippen LogP contribution in [-0.2, 0) is 9.53 Å². The number of urea groups is 1. The molecule has 2 N–H and O–H groups in total. The molecule has 2 heterocycles. The Balaban J connectivity index is 1.93. The van der Waals surface area contributed by atoms with Gasteiger partial charge in [-0.25, -0.2) is 14.6 Å². The van der Waals surface area contributed by atoms with Crippen LogP contribution in [0, 0.1) is 5.92 Å². The number of carboxylic acids is 1. The standard InChI is InChI=1S/C12H21N3O4/c1-9-2-3-15(10(8-9)11(16)17)12(18)13-14-4-6-19-7-5-14/h9-10H,2-8H2,1H3,(H,13,18)(H,16,17). The first-order chi connectivity index (χ1) is 9.08. The van der Waals surface area contributed by atoms with Crippen LogP contribution in [0.15, 0.2) is 0 Å². The predicted octanol–water partition coefficient (Wildman–Crippen LogP) is 0.128. The van der Waals surface area contributed by atoms with Gasteiger partial charge in [-0.2, -0.15) is 0 Å². The van der Waals surface area contributed by atoms with E-state index in [2.05, 4.69) is 5.43 Å². The van der Waals surface area contributed by atoms with E-state index in [0.717, 1.165) is 6.42 Å². The lowest BCUT2D eigenvalue weighted by molar-refractivity contribution is -0.144. The van der Waals surface area contributed by atoms with Gasteiger partial charge in [0.1, 0.15) is 6.04 Å². The van der Waals surface area contributed by atoms with E-state index in [0.29, 0.717) is 45.2 Å². The number of hydrazine groups is 1. The first kappa shape index (κ1) is 14.1. The smallest absolute Gasteiger partial charge is 0.332 e. The number of amides is 2. The second kappa shape index (κ2) is 6.21. The maximum atomic E-state index is 12.2. The number of piperidine rings is 1. The van der Waals surface area contributed by atoms with E-state index in [-0.39, 0.29) is 6.03 Å². The number of carboxylic acid groups (broad SMARTS) is 1. The summed E-state index contributed by atoms with van der Waals surface area (Å²) in [5.41, 5.74) is 2.77. The van der Waals surface area contributed by atoms with Crippen molar-refractivity contribution >= 4 is 12.0 Å². The number of rotatable bonds is 2. The van der Waals surface area contributed by atoms with E-state index in [1.54, 1.807) is 5.01 Å². The SMILES string of the molecule is CC1CCN(C(=O)NN2CCOCC2)C(C(=O)O)C1. The van der Waals surface area contributed by atoms with Gasteiger partial charge in [-0.3, -0.25) is 5.43 Å². The van der Waals surface area contributed by atoms with Gasteiger partial charge in [0.2, 0.25) is 0 Å². The number of ether oxygens (including phenoxy) is 1. The molecule has 2 amide bonds. The number of morpholine rings is 1. The molecule has 0 aliphatic carbocycles. The van der Waals surface area contributed by atoms with Crippen molar-refractivity contribution in [2.45, 2.75) is 25.8 Å². The second-order valence-corrected chi connectivity index (χ2v) is 5.19. The molecule has 0 aromatic carbocycles. The van der Waals surface area contributed by atoms with Gasteiger partial charge in [0.15, 0.2) is 0 Å². The molecule has 2 aliphatic rings. The molecule has 108 valence electrons. The van der Waals surface area contributed by atoms with Crippen molar-refractivity contribution in [2.75, 3.05) is 32.8 Å². The van der Waals surface area contributed by atoms with E-state index in [9.17, 15) is 14.7 Å². The number of nitrogens with one attached hydrogen (secondary N) is 1. The largest absolute Gasteiger partial charge is 0.480 e. The highest BCUT2D eigenvalue weighted by atomic mass is 16.5. The Morgan fingerprint density at radius 2 is 1.95 bits per heavy atom. The Morgan fingerprint density at radius 1 is 1.26 bits per heavy atom. The van der Waals surface area contributed by atoms with Crippen LogP contribution in [0.3, 0.4) is 0 Å². The Kier molecular flexibility index (Phi) is 4.60. The van der Waals surface area contributed by atoms with Crippen molar-refractivity contribution in [1.82, 2.24) is 15.3 Å². The molecule has 0 aromatic heterocycles. The average Bonchev–Trinajstić information content (AvgIpc) is 2.39. The van der Waals surface area contributed by atoms with Crippen molar-refractivity contribution in [3.63, 3.8) is 0 Å². The van der Waals surface area contributed by atoms with Crippen LogP contribution in [0.2, 0.25) is 0 Å². The Hall–Kier alpha value is -1.34. The molecule has 0 bridgehead atoms. The molecular weight excluding hydrogens is 250 g/mol. The molecule has 7 heteroatoms. The number of carbonyl (C=O) groups excluding carboxylic acids is 1. The third-order valence-electron chi connectivity index (χ3n) is 3.68. The van der Waals surface area contributed by atoms with E-state index in [1.165, 1.54) is 4.90 Å². The van der Waals surface area contributed by atoms with Crippen LogP contribution < -0.4 is 5.43 Å². The fourth-order valence-corrected chi connectivity index (χ4v) is 2.49. The summed E-state index contributed by atoms with van der Waals surface area (Å²) < 4.78 is 5.20. The summed E-state index contributed by atoms with van der Waals surface area (Å²) in [4.78, 5) is 24.8. The molecule has 2 unspecified atom stereocenters. The highest BCUT2D eigenvalue weighted by molar-refractivity contribution is 5.82. The van der Waals surface area contributed by atoms with Gasteiger partial charge in [0.25, 0.3) is 0 Å². The number of nitrogens with zero attached hydrogens (tertiary/aromatic N) is 2. The van der Waals surface area contributed by atoms with Crippen molar-refractivity contribution in [3.05, 3.63) is 0 Å². The molecular formula is C12H21N3O4. The summed E-state index contributed by atoms with van der Waals surface area (Å²) in [5.74, 6) is -0.586. The van der Waals surface area contributed by atoms with E-state index < -0.39 is 12.0 Å². The van der Waals surface area contributed by atoms with Crippen LogP contribution in [0.5, 0.6) is 0 Å². The van der Waals surface area contributed by atoms with Crippen molar-refractivity contribution < 1.29 is 19.4 Å². The molecule has 2 rings (SSSR count). The monoisotopic (exact) mass is 271 g/mol. The molecule has 19 heavy (non-hydrogen) atoms. The molecule has 2 saturated heterocycles. The molecule has 0 aromatic rings. The summed E-state index contributed by atoms with van der Waals surface area (Å²) in [6.45, 7) is 4.95. The predicted molar refractivity (Wildman–Crippen MR) is 67.5 cm³/mol. The minimum absolute atomic E-state index is 0.318. The molecule has 2 fully saturated rings. The van der Waals surface area contributed by atoms with Gasteiger partial charge in [0, 0.05) is 19.6 Å². The topological polar surface area (TPSA) is 82.1 Å². The molecule has 2 aliphatic heterocycles. The van der Waals surface area contributed by atoms with E-state index in [1.807, 2.05) is 6.92 Å². The van der Waals surface area contributed by atoms with Gasteiger partial charge < -0.3 is 14.7 Å². The maximum Gasteiger partial charge on any atom is 0.332 e. The summed E-state index contributed by atoms with van der Waals surface area (Å²) in [5, 5.41) is 11.0. The summed E-state index contributed by atoms with van der Waals surface area (Å²) in [7, 11) is 0.